The van der Waals surface area contributed by atoms with Crippen LogP contribution in [0.3, 0.4) is 0 Å². The Hall–Kier alpha value is -2.64. The first-order valence-corrected chi connectivity index (χ1v) is 6.33. The summed E-state index contributed by atoms with van der Waals surface area (Å²) in [6.45, 7) is 0. The zero-order valence-corrected chi connectivity index (χ0v) is 11.1. The van der Waals surface area contributed by atoms with Crippen LogP contribution in [0.1, 0.15) is 5.69 Å². The molecule has 0 aliphatic carbocycles. The molecule has 0 bridgehead atoms. The van der Waals surface area contributed by atoms with E-state index in [1.807, 2.05) is 18.2 Å². The van der Waals surface area contributed by atoms with Crippen LogP contribution >= 0.6 is 11.6 Å². The highest BCUT2D eigenvalue weighted by Crippen LogP contribution is 2.30. The van der Waals surface area contributed by atoms with Crippen molar-refractivity contribution in [2.75, 3.05) is 5.32 Å². The van der Waals surface area contributed by atoms with Crippen molar-refractivity contribution >= 4 is 33.9 Å². The monoisotopic (exact) mass is 280 g/mol. The Kier molecular flexibility index (Phi) is 3.20. The van der Waals surface area contributed by atoms with Gasteiger partial charge in [-0.1, -0.05) is 11.6 Å². The van der Waals surface area contributed by atoms with Crippen LogP contribution in [-0.2, 0) is 0 Å². The van der Waals surface area contributed by atoms with Crippen molar-refractivity contribution in [2.24, 2.45) is 0 Å². The van der Waals surface area contributed by atoms with Crippen molar-refractivity contribution in [3.05, 3.63) is 59.5 Å². The van der Waals surface area contributed by atoms with Crippen LogP contribution in [0.2, 0.25) is 5.02 Å². The molecule has 2 aromatic heterocycles. The second kappa shape index (κ2) is 5.16. The van der Waals surface area contributed by atoms with Crippen molar-refractivity contribution in [3.63, 3.8) is 0 Å². The summed E-state index contributed by atoms with van der Waals surface area (Å²) in [6, 6.07) is 13.0. The number of nitrogens with one attached hydrogen (secondary N) is 1. The smallest absolute Gasteiger partial charge is 0.163 e. The molecular formula is C15H9ClN4. The highest BCUT2D eigenvalue weighted by molar-refractivity contribution is 6.35. The van der Waals surface area contributed by atoms with Gasteiger partial charge in [-0.2, -0.15) is 5.26 Å². The molecular weight excluding hydrogens is 272 g/mol. The number of nitrogens with zero attached hydrogens (tertiary/aromatic N) is 3. The normalized spacial score (nSPS) is 10.2. The number of rotatable bonds is 2. The van der Waals surface area contributed by atoms with Crippen LogP contribution in [0.15, 0.2) is 48.8 Å². The van der Waals surface area contributed by atoms with Gasteiger partial charge in [0.1, 0.15) is 6.07 Å². The van der Waals surface area contributed by atoms with E-state index in [2.05, 4.69) is 21.4 Å². The van der Waals surface area contributed by atoms with E-state index >= 15 is 0 Å². The molecule has 0 spiro atoms. The van der Waals surface area contributed by atoms with E-state index in [1.54, 1.807) is 30.6 Å². The number of pyridine rings is 2. The maximum Gasteiger partial charge on any atom is 0.163 e. The third-order valence-electron chi connectivity index (χ3n) is 2.90. The Balaban J connectivity index is 2.12. The molecule has 0 amide bonds. The van der Waals surface area contributed by atoms with Gasteiger partial charge in [0.25, 0.3) is 0 Å². The molecule has 0 radical (unpaired) electrons. The highest BCUT2D eigenvalue weighted by atomic mass is 35.5. The van der Waals surface area contributed by atoms with Crippen molar-refractivity contribution in [1.29, 1.82) is 5.26 Å². The maximum atomic E-state index is 9.06. The standard InChI is InChI=1S/C15H9ClN4/c16-11-5-6-13(15-10(11)3-1-8-19-15)20-12-4-2-7-18-14(12)9-17/h1-8,20H. The molecule has 0 aliphatic rings. The summed E-state index contributed by atoms with van der Waals surface area (Å²) in [4.78, 5) is 8.36. The predicted molar refractivity (Wildman–Crippen MR) is 79.0 cm³/mol. The molecule has 2 heterocycles. The van der Waals surface area contributed by atoms with Gasteiger partial charge in [-0.05, 0) is 36.4 Å². The molecule has 0 aliphatic heterocycles. The fraction of sp³-hybridized carbons (Fsp3) is 0. The second-order valence-corrected chi connectivity index (χ2v) is 4.54. The Morgan fingerprint density at radius 2 is 1.80 bits per heavy atom. The first-order chi connectivity index (χ1) is 9.79. The van der Waals surface area contributed by atoms with E-state index in [0.29, 0.717) is 16.4 Å². The number of benzene rings is 1. The molecule has 96 valence electrons. The van der Waals surface area contributed by atoms with Gasteiger partial charge in [-0.15, -0.1) is 0 Å². The van der Waals surface area contributed by atoms with E-state index in [1.165, 1.54) is 0 Å². The van der Waals surface area contributed by atoms with Gasteiger partial charge in [0, 0.05) is 17.8 Å². The van der Waals surface area contributed by atoms with Crippen LogP contribution in [0, 0.1) is 11.3 Å². The molecule has 3 rings (SSSR count). The molecule has 5 heteroatoms. The third kappa shape index (κ3) is 2.15. The van der Waals surface area contributed by atoms with Gasteiger partial charge < -0.3 is 5.32 Å². The average Bonchev–Trinajstić information content (AvgIpc) is 2.51. The van der Waals surface area contributed by atoms with Crippen molar-refractivity contribution in [1.82, 2.24) is 9.97 Å². The number of halogens is 1. The first-order valence-electron chi connectivity index (χ1n) is 5.95. The number of aromatic nitrogens is 2. The van der Waals surface area contributed by atoms with Crippen LogP contribution in [-0.4, -0.2) is 9.97 Å². The summed E-state index contributed by atoms with van der Waals surface area (Å²) < 4.78 is 0. The van der Waals surface area contributed by atoms with E-state index in [9.17, 15) is 0 Å². The molecule has 0 saturated carbocycles. The Bertz CT molecular complexity index is 823. The zero-order valence-electron chi connectivity index (χ0n) is 10.3. The lowest BCUT2D eigenvalue weighted by molar-refractivity contribution is 1.26. The van der Waals surface area contributed by atoms with Crippen LogP contribution < -0.4 is 5.32 Å². The molecule has 4 nitrogen and oxygen atoms in total. The van der Waals surface area contributed by atoms with Crippen LogP contribution in [0.4, 0.5) is 11.4 Å². The van der Waals surface area contributed by atoms with Gasteiger partial charge in [-0.3, -0.25) is 4.98 Å². The lowest BCUT2D eigenvalue weighted by Crippen LogP contribution is -1.97. The molecule has 1 N–H and O–H groups in total. The molecule has 0 unspecified atom stereocenters. The minimum absolute atomic E-state index is 0.339. The van der Waals surface area contributed by atoms with Crippen molar-refractivity contribution in [2.45, 2.75) is 0 Å². The summed E-state index contributed by atoms with van der Waals surface area (Å²) >= 11 is 6.16. The van der Waals surface area contributed by atoms with Gasteiger partial charge >= 0.3 is 0 Å². The Morgan fingerprint density at radius 1 is 1.00 bits per heavy atom. The summed E-state index contributed by atoms with van der Waals surface area (Å²) in [7, 11) is 0. The number of nitriles is 1. The molecule has 0 fully saturated rings. The minimum atomic E-state index is 0.339. The number of anilines is 2. The maximum absolute atomic E-state index is 9.06. The number of hydrogen-bond donors (Lipinski definition) is 1. The lowest BCUT2D eigenvalue weighted by Gasteiger charge is -2.10. The topological polar surface area (TPSA) is 61.6 Å². The molecule has 0 saturated heterocycles. The Labute approximate surface area is 120 Å². The van der Waals surface area contributed by atoms with Crippen LogP contribution in [0.5, 0.6) is 0 Å². The Morgan fingerprint density at radius 3 is 2.65 bits per heavy atom. The fourth-order valence-corrected chi connectivity index (χ4v) is 2.19. The van der Waals surface area contributed by atoms with Crippen molar-refractivity contribution in [3.8, 4) is 6.07 Å². The quantitative estimate of drug-likeness (QED) is 0.773. The highest BCUT2D eigenvalue weighted by Gasteiger charge is 2.08. The lowest BCUT2D eigenvalue weighted by atomic mass is 10.2. The second-order valence-electron chi connectivity index (χ2n) is 4.13. The van der Waals surface area contributed by atoms with Gasteiger partial charge in [-0.25, -0.2) is 4.98 Å². The number of hydrogen-bond acceptors (Lipinski definition) is 4. The zero-order chi connectivity index (χ0) is 13.9. The van der Waals surface area contributed by atoms with E-state index in [0.717, 1.165) is 16.6 Å². The molecule has 20 heavy (non-hydrogen) atoms. The van der Waals surface area contributed by atoms with Gasteiger partial charge in [0.05, 0.1) is 21.9 Å². The summed E-state index contributed by atoms with van der Waals surface area (Å²) in [5, 5.41) is 13.8. The molecule has 0 atom stereocenters. The molecule has 3 aromatic rings. The fourth-order valence-electron chi connectivity index (χ4n) is 1.98. The van der Waals surface area contributed by atoms with Gasteiger partial charge in [0.15, 0.2) is 5.69 Å². The third-order valence-corrected chi connectivity index (χ3v) is 3.23. The average molecular weight is 281 g/mol. The SMILES string of the molecule is N#Cc1ncccc1Nc1ccc(Cl)c2cccnc12. The minimum Gasteiger partial charge on any atom is -0.351 e. The predicted octanol–water partition coefficient (Wildman–Crippen LogP) is 3.90. The summed E-state index contributed by atoms with van der Waals surface area (Å²) in [5.74, 6) is 0. The van der Waals surface area contributed by atoms with Gasteiger partial charge in [0.2, 0.25) is 0 Å². The van der Waals surface area contributed by atoms with Crippen LogP contribution in [0.25, 0.3) is 10.9 Å². The van der Waals surface area contributed by atoms with Crippen molar-refractivity contribution < 1.29 is 0 Å². The largest absolute Gasteiger partial charge is 0.351 e. The van der Waals surface area contributed by atoms with E-state index < -0.39 is 0 Å². The van der Waals surface area contributed by atoms with E-state index in [-0.39, 0.29) is 0 Å². The molecule has 1 aromatic carbocycles. The van der Waals surface area contributed by atoms with E-state index in [4.69, 9.17) is 16.9 Å². The summed E-state index contributed by atoms with van der Waals surface area (Å²) in [5.41, 5.74) is 2.53. The number of fused-ring (bicyclic) bond motifs is 1. The summed E-state index contributed by atoms with van der Waals surface area (Å²) in [6.07, 6.45) is 3.29. The first kappa shape index (κ1) is 12.4.